The Morgan fingerprint density at radius 3 is 2.00 bits per heavy atom. The second-order valence-corrected chi connectivity index (χ2v) is 2.94. The lowest BCUT2D eigenvalue weighted by Gasteiger charge is -2.05. The minimum atomic E-state index is 0.551. The number of rotatable bonds is 1. The molecule has 0 saturated carbocycles. The minimum Gasteiger partial charge on any atom is -0.155 e. The summed E-state index contributed by atoms with van der Waals surface area (Å²) in [5, 5.41) is 3.99. The van der Waals surface area contributed by atoms with Gasteiger partial charge in [0.15, 0.2) is 0 Å². The highest BCUT2D eigenvalue weighted by atomic mass is 15.3. The largest absolute Gasteiger partial charge is 0.155 e. The molecular formula is C8H13N2. The molecule has 0 atom stereocenters. The molecule has 0 N–H and O–H groups in total. The van der Waals surface area contributed by atoms with Gasteiger partial charge in [-0.25, -0.2) is 0 Å². The zero-order valence-corrected chi connectivity index (χ0v) is 6.97. The maximum absolute atomic E-state index is 3.99. The van der Waals surface area contributed by atoms with E-state index in [9.17, 15) is 0 Å². The lowest BCUT2D eigenvalue weighted by Crippen LogP contribution is -2.02. The smallest absolute Gasteiger partial charge is 0.0653 e. The summed E-state index contributed by atoms with van der Waals surface area (Å²) in [5.41, 5.74) is 7.45. The Hall–Kier alpha value is -0.790. The van der Waals surface area contributed by atoms with Gasteiger partial charge in [0.2, 0.25) is 0 Å². The summed E-state index contributed by atoms with van der Waals surface area (Å²) in [6.45, 7) is 8.35. The molecule has 1 aliphatic heterocycles. The Morgan fingerprint density at radius 2 is 1.80 bits per heavy atom. The van der Waals surface area contributed by atoms with E-state index in [4.69, 9.17) is 0 Å². The van der Waals surface area contributed by atoms with E-state index in [0.29, 0.717) is 5.92 Å². The van der Waals surface area contributed by atoms with Crippen molar-refractivity contribution in [3.05, 3.63) is 11.3 Å². The van der Waals surface area contributed by atoms with E-state index in [1.807, 2.05) is 13.8 Å². The van der Waals surface area contributed by atoms with Crippen LogP contribution < -0.4 is 5.43 Å². The molecule has 0 spiro atoms. The Morgan fingerprint density at radius 1 is 1.20 bits per heavy atom. The Bertz CT molecular complexity index is 199. The van der Waals surface area contributed by atoms with Crippen LogP contribution in [-0.4, -0.2) is 5.71 Å². The molecule has 0 saturated heterocycles. The third-order valence-corrected chi connectivity index (χ3v) is 1.71. The first-order valence-corrected chi connectivity index (χ1v) is 3.59. The number of hydrogen-bond donors (Lipinski definition) is 0. The van der Waals surface area contributed by atoms with Crippen LogP contribution in [0.4, 0.5) is 0 Å². The van der Waals surface area contributed by atoms with Gasteiger partial charge in [0.1, 0.15) is 0 Å². The molecule has 0 unspecified atom stereocenters. The van der Waals surface area contributed by atoms with Gasteiger partial charge in [0, 0.05) is 5.57 Å². The van der Waals surface area contributed by atoms with Crippen molar-refractivity contribution in [2.24, 2.45) is 11.0 Å². The number of hydrogen-bond acceptors (Lipinski definition) is 1. The summed E-state index contributed by atoms with van der Waals surface area (Å²) in [7, 11) is 0. The quantitative estimate of drug-likeness (QED) is 0.528. The molecule has 1 radical (unpaired) electrons. The predicted octanol–water partition coefficient (Wildman–Crippen LogP) is 1.91. The summed E-state index contributed by atoms with van der Waals surface area (Å²) in [6.07, 6.45) is 0. The molecule has 0 fully saturated rings. The van der Waals surface area contributed by atoms with Gasteiger partial charge < -0.3 is 0 Å². The van der Waals surface area contributed by atoms with Gasteiger partial charge in [-0.1, -0.05) is 13.8 Å². The van der Waals surface area contributed by atoms with Crippen LogP contribution >= 0.6 is 0 Å². The monoisotopic (exact) mass is 137 g/mol. The van der Waals surface area contributed by atoms with E-state index in [1.54, 1.807) is 0 Å². The van der Waals surface area contributed by atoms with Crippen molar-refractivity contribution in [1.82, 2.24) is 5.43 Å². The third-order valence-electron chi connectivity index (χ3n) is 1.71. The van der Waals surface area contributed by atoms with Crippen molar-refractivity contribution in [2.45, 2.75) is 27.7 Å². The standard InChI is InChI=1S/C8H13N2/c1-5(2)8-6(3)9-10-7(8)4/h5H,1-4H3. The average molecular weight is 137 g/mol. The fraction of sp³-hybridized carbons (Fsp3) is 0.625. The maximum atomic E-state index is 3.99. The van der Waals surface area contributed by atoms with Crippen LogP contribution in [-0.2, 0) is 0 Å². The zero-order valence-electron chi connectivity index (χ0n) is 6.97. The van der Waals surface area contributed by atoms with Crippen LogP contribution in [0, 0.1) is 5.92 Å². The lowest BCUT2D eigenvalue weighted by atomic mass is 9.98. The Balaban J connectivity index is 2.90. The summed E-state index contributed by atoms with van der Waals surface area (Å²) in [6, 6.07) is 0. The third kappa shape index (κ3) is 1.06. The summed E-state index contributed by atoms with van der Waals surface area (Å²) in [4.78, 5) is 0. The molecule has 10 heavy (non-hydrogen) atoms. The molecule has 55 valence electrons. The second kappa shape index (κ2) is 2.45. The van der Waals surface area contributed by atoms with E-state index in [0.717, 1.165) is 11.4 Å². The highest BCUT2D eigenvalue weighted by Crippen LogP contribution is 2.19. The fourth-order valence-electron chi connectivity index (χ4n) is 1.36. The zero-order chi connectivity index (χ0) is 7.72. The van der Waals surface area contributed by atoms with Crippen molar-refractivity contribution in [2.75, 3.05) is 0 Å². The SMILES string of the molecule is CC1=N[N]C(C)=C1C(C)C. The van der Waals surface area contributed by atoms with Crippen molar-refractivity contribution < 1.29 is 0 Å². The van der Waals surface area contributed by atoms with E-state index in [-0.39, 0.29) is 0 Å². The molecule has 2 nitrogen and oxygen atoms in total. The molecule has 2 heteroatoms. The maximum Gasteiger partial charge on any atom is 0.0653 e. The molecule has 1 heterocycles. The molecule has 0 bridgehead atoms. The molecule has 0 aromatic carbocycles. The van der Waals surface area contributed by atoms with Gasteiger partial charge in [0.05, 0.1) is 11.4 Å². The molecule has 0 aromatic heterocycles. The first kappa shape index (κ1) is 7.32. The molecule has 0 aromatic rings. The second-order valence-electron chi connectivity index (χ2n) is 2.94. The highest BCUT2D eigenvalue weighted by Gasteiger charge is 2.16. The van der Waals surface area contributed by atoms with Crippen molar-refractivity contribution in [1.29, 1.82) is 0 Å². The van der Waals surface area contributed by atoms with Crippen LogP contribution in [0.5, 0.6) is 0 Å². The van der Waals surface area contributed by atoms with Gasteiger partial charge in [-0.3, -0.25) is 0 Å². The van der Waals surface area contributed by atoms with Crippen molar-refractivity contribution in [3.63, 3.8) is 0 Å². The van der Waals surface area contributed by atoms with Crippen LogP contribution in [0.25, 0.3) is 0 Å². The van der Waals surface area contributed by atoms with Gasteiger partial charge in [-0.05, 0) is 19.8 Å². The summed E-state index contributed by atoms with van der Waals surface area (Å²) >= 11 is 0. The lowest BCUT2D eigenvalue weighted by molar-refractivity contribution is 0.780. The van der Waals surface area contributed by atoms with Crippen molar-refractivity contribution >= 4 is 5.71 Å². The highest BCUT2D eigenvalue weighted by molar-refractivity contribution is 6.00. The van der Waals surface area contributed by atoms with Gasteiger partial charge in [-0.2, -0.15) is 10.5 Å². The van der Waals surface area contributed by atoms with Crippen LogP contribution in [0.2, 0.25) is 0 Å². The van der Waals surface area contributed by atoms with Crippen LogP contribution in [0.1, 0.15) is 27.7 Å². The fourth-order valence-corrected chi connectivity index (χ4v) is 1.36. The molecule has 1 rings (SSSR count). The summed E-state index contributed by atoms with van der Waals surface area (Å²) in [5.74, 6) is 0.551. The molecule has 0 amide bonds. The molecular weight excluding hydrogens is 124 g/mol. The van der Waals surface area contributed by atoms with E-state index in [2.05, 4.69) is 24.4 Å². The predicted molar refractivity (Wildman–Crippen MR) is 42.8 cm³/mol. The topological polar surface area (TPSA) is 26.5 Å². The first-order chi connectivity index (χ1) is 4.63. The van der Waals surface area contributed by atoms with Crippen LogP contribution in [0.15, 0.2) is 16.4 Å². The molecule has 0 aliphatic carbocycles. The van der Waals surface area contributed by atoms with Crippen molar-refractivity contribution in [3.8, 4) is 0 Å². The van der Waals surface area contributed by atoms with Crippen LogP contribution in [0.3, 0.4) is 0 Å². The van der Waals surface area contributed by atoms with E-state index >= 15 is 0 Å². The first-order valence-electron chi connectivity index (χ1n) is 3.59. The Kier molecular flexibility index (Phi) is 1.79. The van der Waals surface area contributed by atoms with Gasteiger partial charge >= 0.3 is 0 Å². The Labute approximate surface area is 62.0 Å². The summed E-state index contributed by atoms with van der Waals surface area (Å²) < 4.78 is 0. The van der Waals surface area contributed by atoms with Gasteiger partial charge in [0.25, 0.3) is 0 Å². The number of allylic oxidation sites excluding steroid dienone is 2. The normalized spacial score (nSPS) is 17.9. The average Bonchev–Trinajstić information content (AvgIpc) is 2.11. The van der Waals surface area contributed by atoms with E-state index < -0.39 is 0 Å². The van der Waals surface area contributed by atoms with E-state index in [1.165, 1.54) is 5.57 Å². The minimum absolute atomic E-state index is 0.551. The molecule has 1 aliphatic rings. The number of nitrogens with zero attached hydrogens (tertiary/aromatic N) is 2. The van der Waals surface area contributed by atoms with Gasteiger partial charge in [-0.15, -0.1) is 0 Å².